The summed E-state index contributed by atoms with van der Waals surface area (Å²) in [5.41, 5.74) is 0.887. The largest absolute Gasteiger partial charge is 0.493 e. The number of cyclic esters (lactones) is 1. The highest BCUT2D eigenvalue weighted by Gasteiger charge is 2.46. The fraction of sp³-hybridized carbons (Fsp3) is 0.440. The average Bonchev–Trinajstić information content (AvgIpc) is 3.07. The molecule has 3 rings (SSSR count). The smallest absolute Gasteiger partial charge is 0.408 e. The third-order valence-electron chi connectivity index (χ3n) is 5.30. The number of hydrogen-bond donors (Lipinski definition) is 1. The van der Waals surface area contributed by atoms with Crippen LogP contribution >= 0.6 is 0 Å². The van der Waals surface area contributed by atoms with E-state index in [1.54, 1.807) is 32.9 Å². The maximum atomic E-state index is 13.0. The van der Waals surface area contributed by atoms with Gasteiger partial charge in [0.25, 0.3) is 0 Å². The quantitative estimate of drug-likeness (QED) is 0.627. The Bertz CT molecular complexity index is 959. The number of carbonyl (C=O) groups is 2. The summed E-state index contributed by atoms with van der Waals surface area (Å²) in [6, 6.07) is 12.3. The number of methoxy groups -OCH3 is 3. The Hall–Kier alpha value is -3.42. The number of carbonyl (C=O) groups excluding carboxylic acids is 2. The molecule has 1 fully saturated rings. The van der Waals surface area contributed by atoms with E-state index in [1.165, 1.54) is 21.3 Å². The third-order valence-corrected chi connectivity index (χ3v) is 5.30. The second-order valence-corrected chi connectivity index (χ2v) is 8.78. The summed E-state index contributed by atoms with van der Waals surface area (Å²) >= 11 is 0. The van der Waals surface area contributed by atoms with Crippen molar-refractivity contribution in [3.8, 4) is 17.2 Å². The molecule has 2 aromatic carbocycles. The minimum atomic E-state index is -0.679. The van der Waals surface area contributed by atoms with Crippen molar-refractivity contribution in [2.24, 2.45) is 5.92 Å². The Morgan fingerprint density at radius 3 is 2.12 bits per heavy atom. The normalized spacial score (nSPS) is 20.1. The Balaban J connectivity index is 1.94. The lowest BCUT2D eigenvalue weighted by molar-refractivity contribution is -0.144. The van der Waals surface area contributed by atoms with E-state index in [1.807, 2.05) is 30.3 Å². The van der Waals surface area contributed by atoms with Gasteiger partial charge in [-0.1, -0.05) is 30.3 Å². The van der Waals surface area contributed by atoms with Crippen LogP contribution in [-0.4, -0.2) is 45.0 Å². The van der Waals surface area contributed by atoms with E-state index in [-0.39, 0.29) is 0 Å². The molecule has 0 aromatic heterocycles. The molecule has 0 spiro atoms. The molecule has 1 saturated heterocycles. The number of amides is 1. The summed E-state index contributed by atoms with van der Waals surface area (Å²) in [5, 5.41) is 2.87. The minimum Gasteiger partial charge on any atom is -0.493 e. The minimum absolute atomic E-state index is 0.291. The summed E-state index contributed by atoms with van der Waals surface area (Å²) in [6.07, 6.45) is -0.959. The van der Waals surface area contributed by atoms with Crippen LogP contribution < -0.4 is 19.5 Å². The van der Waals surface area contributed by atoms with Crippen molar-refractivity contribution >= 4 is 12.1 Å². The van der Waals surface area contributed by atoms with Crippen LogP contribution in [-0.2, 0) is 20.7 Å². The fourth-order valence-electron chi connectivity index (χ4n) is 3.90. The molecule has 1 aliphatic rings. The van der Waals surface area contributed by atoms with Crippen LogP contribution in [0.5, 0.6) is 17.2 Å². The zero-order valence-electron chi connectivity index (χ0n) is 19.8. The van der Waals surface area contributed by atoms with E-state index in [0.29, 0.717) is 23.7 Å². The lowest BCUT2D eigenvalue weighted by atomic mass is 9.89. The number of esters is 1. The van der Waals surface area contributed by atoms with Gasteiger partial charge in [0, 0.05) is 0 Å². The molecule has 0 saturated carbocycles. The number of benzene rings is 2. The predicted octanol–water partition coefficient (Wildman–Crippen LogP) is 4.06. The molecule has 0 bridgehead atoms. The Labute approximate surface area is 194 Å². The topological polar surface area (TPSA) is 92.3 Å². The maximum Gasteiger partial charge on any atom is 0.408 e. The first-order valence-corrected chi connectivity index (χ1v) is 10.7. The van der Waals surface area contributed by atoms with Gasteiger partial charge in [-0.3, -0.25) is 4.79 Å². The van der Waals surface area contributed by atoms with Crippen LogP contribution in [0.1, 0.15) is 38.0 Å². The summed E-state index contributed by atoms with van der Waals surface area (Å²) in [7, 11) is 4.59. The van der Waals surface area contributed by atoms with Gasteiger partial charge in [0.1, 0.15) is 11.7 Å². The van der Waals surface area contributed by atoms with Gasteiger partial charge in [0.2, 0.25) is 5.75 Å². The average molecular weight is 458 g/mol. The van der Waals surface area contributed by atoms with E-state index < -0.39 is 35.7 Å². The zero-order valence-corrected chi connectivity index (χ0v) is 19.8. The number of ether oxygens (including phenoxy) is 5. The predicted molar refractivity (Wildman–Crippen MR) is 122 cm³/mol. The SMILES string of the molecule is COc1cc(C[C@@H]2C(=O)O[C@H](c3ccccc3)[C@H]2NC(=O)OC(C)(C)C)cc(OC)c1OC. The van der Waals surface area contributed by atoms with Crippen LogP contribution in [0.2, 0.25) is 0 Å². The summed E-state index contributed by atoms with van der Waals surface area (Å²) in [4.78, 5) is 25.6. The van der Waals surface area contributed by atoms with Gasteiger partial charge >= 0.3 is 12.1 Å². The van der Waals surface area contributed by atoms with Crippen LogP contribution in [0.25, 0.3) is 0 Å². The fourth-order valence-corrected chi connectivity index (χ4v) is 3.90. The van der Waals surface area contributed by atoms with E-state index in [0.717, 1.165) is 11.1 Å². The van der Waals surface area contributed by atoms with Gasteiger partial charge in [-0.25, -0.2) is 4.79 Å². The van der Waals surface area contributed by atoms with Gasteiger partial charge in [0.15, 0.2) is 11.5 Å². The van der Waals surface area contributed by atoms with E-state index in [2.05, 4.69) is 5.32 Å². The lowest BCUT2D eigenvalue weighted by Crippen LogP contribution is -2.44. The molecule has 1 amide bonds. The molecule has 1 heterocycles. The van der Waals surface area contributed by atoms with Crippen LogP contribution in [0, 0.1) is 5.92 Å². The Kier molecular flexibility index (Phi) is 7.36. The van der Waals surface area contributed by atoms with Crippen molar-refractivity contribution in [1.82, 2.24) is 5.32 Å². The van der Waals surface area contributed by atoms with Crippen LogP contribution in [0.15, 0.2) is 42.5 Å². The van der Waals surface area contributed by atoms with Gasteiger partial charge in [-0.2, -0.15) is 0 Å². The van der Waals surface area contributed by atoms with Crippen molar-refractivity contribution in [1.29, 1.82) is 0 Å². The van der Waals surface area contributed by atoms with Crippen molar-refractivity contribution in [3.63, 3.8) is 0 Å². The zero-order chi connectivity index (χ0) is 24.2. The second kappa shape index (κ2) is 10.0. The molecule has 8 heteroatoms. The first kappa shape index (κ1) is 24.2. The monoisotopic (exact) mass is 457 g/mol. The van der Waals surface area contributed by atoms with Crippen LogP contribution in [0.4, 0.5) is 4.79 Å². The molecular weight excluding hydrogens is 426 g/mol. The van der Waals surface area contributed by atoms with Gasteiger partial charge < -0.3 is 29.0 Å². The summed E-state index contributed by atoms with van der Waals surface area (Å²) < 4.78 is 27.4. The van der Waals surface area contributed by atoms with Crippen molar-refractivity contribution in [3.05, 3.63) is 53.6 Å². The highest BCUT2D eigenvalue weighted by molar-refractivity contribution is 5.79. The molecule has 0 unspecified atom stereocenters. The molecule has 1 N–H and O–H groups in total. The standard InChI is InChI=1S/C25H31NO7/c1-25(2,3)33-24(28)26-20-17(23(27)32-21(20)16-10-8-7-9-11-16)12-15-13-18(29-4)22(31-6)19(14-15)30-5/h7-11,13-14,17,20-21H,12H2,1-6H3,(H,26,28)/t17-,20-,21+/m0/s1. The van der Waals surface area contributed by atoms with E-state index in [9.17, 15) is 9.59 Å². The number of nitrogens with one attached hydrogen (secondary N) is 1. The molecule has 8 nitrogen and oxygen atoms in total. The molecule has 33 heavy (non-hydrogen) atoms. The van der Waals surface area contributed by atoms with Gasteiger partial charge in [0.05, 0.1) is 33.3 Å². The molecular formula is C25H31NO7. The first-order chi connectivity index (χ1) is 15.7. The van der Waals surface area contributed by atoms with Gasteiger partial charge in [-0.05, 0) is 50.5 Å². The molecule has 0 aliphatic carbocycles. The molecule has 0 radical (unpaired) electrons. The first-order valence-electron chi connectivity index (χ1n) is 10.7. The van der Waals surface area contributed by atoms with E-state index in [4.69, 9.17) is 23.7 Å². The molecule has 3 atom stereocenters. The van der Waals surface area contributed by atoms with E-state index >= 15 is 0 Å². The van der Waals surface area contributed by atoms with Crippen molar-refractivity contribution < 1.29 is 33.3 Å². The highest BCUT2D eigenvalue weighted by Crippen LogP contribution is 2.41. The lowest BCUT2D eigenvalue weighted by Gasteiger charge is -2.26. The highest BCUT2D eigenvalue weighted by atomic mass is 16.6. The maximum absolute atomic E-state index is 13.0. The second-order valence-electron chi connectivity index (χ2n) is 8.78. The molecule has 1 aliphatic heterocycles. The summed E-state index contributed by atoms with van der Waals surface area (Å²) in [5.74, 6) is 0.372. The number of alkyl carbamates (subject to hydrolysis) is 1. The molecule has 2 aromatic rings. The Morgan fingerprint density at radius 1 is 1.00 bits per heavy atom. The van der Waals surface area contributed by atoms with Crippen molar-refractivity contribution in [2.45, 2.75) is 44.9 Å². The number of hydrogen-bond acceptors (Lipinski definition) is 7. The van der Waals surface area contributed by atoms with Crippen molar-refractivity contribution in [2.75, 3.05) is 21.3 Å². The number of rotatable bonds is 7. The summed E-state index contributed by atoms with van der Waals surface area (Å²) in [6.45, 7) is 5.35. The molecule has 178 valence electrons. The third kappa shape index (κ3) is 5.69. The van der Waals surface area contributed by atoms with Gasteiger partial charge in [-0.15, -0.1) is 0 Å². The van der Waals surface area contributed by atoms with Crippen LogP contribution in [0.3, 0.4) is 0 Å². The Morgan fingerprint density at radius 2 is 1.61 bits per heavy atom.